The number of hydrogen-bond acceptors (Lipinski definition) is 6. The van der Waals surface area contributed by atoms with Gasteiger partial charge in [0, 0.05) is 13.1 Å². The summed E-state index contributed by atoms with van der Waals surface area (Å²) in [4.78, 5) is 24.2. The maximum atomic E-state index is 12.1. The molecule has 0 fully saturated rings. The number of hydrogen-bond donors (Lipinski definition) is 4. The fourth-order valence-corrected chi connectivity index (χ4v) is 4.00. The number of benzene rings is 2. The van der Waals surface area contributed by atoms with Crippen LogP contribution >= 0.6 is 0 Å². The van der Waals surface area contributed by atoms with Gasteiger partial charge in [-0.05, 0) is 112 Å². The highest BCUT2D eigenvalue weighted by Crippen LogP contribution is 2.25. The van der Waals surface area contributed by atoms with E-state index in [1.165, 1.54) is 0 Å². The first-order valence-electron chi connectivity index (χ1n) is 14.7. The number of aryl methyl sites for hydroxylation is 2. The van der Waals surface area contributed by atoms with Gasteiger partial charge in [-0.2, -0.15) is 0 Å². The van der Waals surface area contributed by atoms with E-state index >= 15 is 0 Å². The molecule has 0 aromatic heterocycles. The monoisotopic (exact) mass is 554 g/mol. The molecule has 0 heterocycles. The Morgan fingerprint density at radius 1 is 0.600 bits per heavy atom. The van der Waals surface area contributed by atoms with Crippen molar-refractivity contribution in [1.29, 1.82) is 0 Å². The molecule has 0 saturated carbocycles. The van der Waals surface area contributed by atoms with Gasteiger partial charge in [0.1, 0.15) is 11.5 Å². The van der Waals surface area contributed by atoms with Crippen LogP contribution < -0.4 is 30.7 Å². The molecule has 222 valence electrons. The first kappa shape index (κ1) is 33.1. The summed E-state index contributed by atoms with van der Waals surface area (Å²) in [7, 11) is 0. The van der Waals surface area contributed by atoms with Crippen LogP contribution in [0.3, 0.4) is 0 Å². The third kappa shape index (κ3) is 12.8. The molecule has 8 nitrogen and oxygen atoms in total. The molecule has 2 amide bonds. The average Bonchev–Trinajstić information content (AvgIpc) is 2.91. The van der Waals surface area contributed by atoms with Crippen LogP contribution in [0.2, 0.25) is 0 Å². The van der Waals surface area contributed by atoms with E-state index in [1.54, 1.807) is 0 Å². The van der Waals surface area contributed by atoms with Crippen molar-refractivity contribution in [3.8, 4) is 11.5 Å². The zero-order valence-electron chi connectivity index (χ0n) is 25.3. The zero-order valence-corrected chi connectivity index (χ0v) is 25.3. The molecule has 0 bridgehead atoms. The Bertz CT molecular complexity index is 972. The summed E-state index contributed by atoms with van der Waals surface area (Å²) in [6, 6.07) is 12.0. The molecular weight excluding hydrogens is 504 g/mol. The minimum absolute atomic E-state index is 0.385. The summed E-state index contributed by atoms with van der Waals surface area (Å²) >= 11 is 0. The lowest BCUT2D eigenvalue weighted by molar-refractivity contribution is 0.199. The van der Waals surface area contributed by atoms with Crippen molar-refractivity contribution in [1.82, 2.24) is 21.3 Å². The highest BCUT2D eigenvalue weighted by atomic mass is 16.6. The summed E-state index contributed by atoms with van der Waals surface area (Å²) < 4.78 is 11.0. The van der Waals surface area contributed by atoms with E-state index in [0.29, 0.717) is 36.4 Å². The van der Waals surface area contributed by atoms with E-state index in [4.69, 9.17) is 9.47 Å². The summed E-state index contributed by atoms with van der Waals surface area (Å²) in [5.74, 6) is 2.01. The standard InChI is InChI=1S/C32H50N4O4/c1-23(2)27-13-11-25(5)29(21-27)39-31(37)35-19-9-17-33-15-7-8-16-34-18-10-20-36-32(38)40-30-22-28(24(3)4)14-12-26(30)6/h11-14,21-24,33-34H,7-10,15-20H2,1-6H3,(H,35,37)(H,36,38). The van der Waals surface area contributed by atoms with E-state index in [2.05, 4.69) is 61.1 Å². The predicted molar refractivity (Wildman–Crippen MR) is 163 cm³/mol. The van der Waals surface area contributed by atoms with Gasteiger partial charge < -0.3 is 30.7 Å². The van der Waals surface area contributed by atoms with Crippen molar-refractivity contribution in [2.24, 2.45) is 0 Å². The molecule has 2 aromatic rings. The number of amides is 2. The minimum atomic E-state index is -0.409. The number of carbonyl (C=O) groups is 2. The van der Waals surface area contributed by atoms with Crippen molar-refractivity contribution in [3.05, 3.63) is 58.7 Å². The average molecular weight is 555 g/mol. The minimum Gasteiger partial charge on any atom is -0.410 e. The Hall–Kier alpha value is -3.10. The first-order valence-corrected chi connectivity index (χ1v) is 14.7. The topological polar surface area (TPSA) is 101 Å². The van der Waals surface area contributed by atoms with Crippen molar-refractivity contribution in [2.45, 2.75) is 79.1 Å². The quantitative estimate of drug-likeness (QED) is 0.175. The van der Waals surface area contributed by atoms with Crippen LogP contribution in [0, 0.1) is 13.8 Å². The smallest absolute Gasteiger partial charge is 0.410 e. The molecule has 0 atom stereocenters. The molecule has 2 rings (SSSR count). The predicted octanol–water partition coefficient (Wildman–Crippen LogP) is 6.17. The number of unbranched alkanes of at least 4 members (excludes halogenated alkanes) is 1. The third-order valence-electron chi connectivity index (χ3n) is 6.72. The third-order valence-corrected chi connectivity index (χ3v) is 6.72. The van der Waals surface area contributed by atoms with Gasteiger partial charge >= 0.3 is 12.2 Å². The highest BCUT2D eigenvalue weighted by molar-refractivity contribution is 5.71. The van der Waals surface area contributed by atoms with E-state index < -0.39 is 12.2 Å². The lowest BCUT2D eigenvalue weighted by Gasteiger charge is -2.12. The van der Waals surface area contributed by atoms with Gasteiger partial charge in [-0.15, -0.1) is 0 Å². The van der Waals surface area contributed by atoms with E-state index in [-0.39, 0.29) is 0 Å². The van der Waals surface area contributed by atoms with Crippen LogP contribution in [0.15, 0.2) is 36.4 Å². The normalized spacial score (nSPS) is 11.1. The highest BCUT2D eigenvalue weighted by Gasteiger charge is 2.10. The van der Waals surface area contributed by atoms with Crippen molar-refractivity contribution >= 4 is 12.2 Å². The fourth-order valence-electron chi connectivity index (χ4n) is 4.00. The Kier molecular flexibility index (Phi) is 15.1. The SMILES string of the molecule is Cc1ccc(C(C)C)cc1OC(=O)NCCCNCCCCNCCCNC(=O)Oc1cc(C(C)C)ccc1C. The molecule has 4 N–H and O–H groups in total. The summed E-state index contributed by atoms with van der Waals surface area (Å²) in [6.45, 7) is 17.1. The molecular formula is C32H50N4O4. The van der Waals surface area contributed by atoms with Crippen LogP contribution in [0.1, 0.15) is 87.5 Å². The maximum Gasteiger partial charge on any atom is 0.412 e. The van der Waals surface area contributed by atoms with Crippen LogP contribution in [-0.4, -0.2) is 51.5 Å². The van der Waals surface area contributed by atoms with Gasteiger partial charge in [0.05, 0.1) is 0 Å². The van der Waals surface area contributed by atoms with Crippen molar-refractivity contribution in [3.63, 3.8) is 0 Å². The molecule has 0 radical (unpaired) electrons. The maximum absolute atomic E-state index is 12.1. The molecule has 0 aliphatic heterocycles. The van der Waals surface area contributed by atoms with Crippen molar-refractivity contribution in [2.75, 3.05) is 39.3 Å². The second-order valence-electron chi connectivity index (χ2n) is 10.9. The van der Waals surface area contributed by atoms with E-state index in [9.17, 15) is 9.59 Å². The Balaban J connectivity index is 1.41. The van der Waals surface area contributed by atoms with Gasteiger partial charge in [0.2, 0.25) is 0 Å². The fraction of sp³-hybridized carbons (Fsp3) is 0.562. The van der Waals surface area contributed by atoms with E-state index in [1.807, 2.05) is 38.1 Å². The zero-order chi connectivity index (χ0) is 29.3. The van der Waals surface area contributed by atoms with Crippen LogP contribution in [-0.2, 0) is 0 Å². The van der Waals surface area contributed by atoms with Gasteiger partial charge in [-0.1, -0.05) is 52.0 Å². The number of ether oxygens (including phenoxy) is 2. The molecule has 0 saturated heterocycles. The Morgan fingerprint density at radius 2 is 0.975 bits per heavy atom. The Labute approximate surface area is 241 Å². The second kappa shape index (κ2) is 18.3. The molecule has 0 unspecified atom stereocenters. The van der Waals surface area contributed by atoms with E-state index in [0.717, 1.165) is 74.1 Å². The number of carbonyl (C=O) groups excluding carboxylic acids is 2. The van der Waals surface area contributed by atoms with Crippen LogP contribution in [0.25, 0.3) is 0 Å². The summed E-state index contributed by atoms with van der Waals surface area (Å²) in [5.41, 5.74) is 4.21. The second-order valence-corrected chi connectivity index (χ2v) is 10.9. The summed E-state index contributed by atoms with van der Waals surface area (Å²) in [5, 5.41) is 12.5. The number of nitrogens with one attached hydrogen (secondary N) is 4. The van der Waals surface area contributed by atoms with Crippen molar-refractivity contribution < 1.29 is 19.1 Å². The largest absolute Gasteiger partial charge is 0.412 e. The summed E-state index contributed by atoms with van der Waals surface area (Å²) in [6.07, 6.45) is 3.02. The van der Waals surface area contributed by atoms with Gasteiger partial charge in [-0.3, -0.25) is 0 Å². The molecule has 2 aromatic carbocycles. The molecule has 40 heavy (non-hydrogen) atoms. The number of rotatable bonds is 17. The van der Waals surface area contributed by atoms with Crippen LogP contribution in [0.5, 0.6) is 11.5 Å². The first-order chi connectivity index (χ1) is 19.2. The van der Waals surface area contributed by atoms with Gasteiger partial charge in [0.25, 0.3) is 0 Å². The molecule has 0 aliphatic carbocycles. The molecule has 8 heteroatoms. The lowest BCUT2D eigenvalue weighted by Crippen LogP contribution is -2.30. The van der Waals surface area contributed by atoms with Crippen LogP contribution in [0.4, 0.5) is 9.59 Å². The lowest BCUT2D eigenvalue weighted by atomic mass is 10.0. The van der Waals surface area contributed by atoms with Gasteiger partial charge in [0.15, 0.2) is 0 Å². The molecule has 0 spiro atoms. The van der Waals surface area contributed by atoms with Gasteiger partial charge in [-0.25, -0.2) is 9.59 Å². The Morgan fingerprint density at radius 3 is 1.35 bits per heavy atom. The molecule has 0 aliphatic rings.